The average molecular weight is 428 g/mol. The van der Waals surface area contributed by atoms with E-state index in [-0.39, 0.29) is 5.91 Å². The fraction of sp³-hybridized carbons (Fsp3) is 0.160. The molecule has 162 valence electrons. The Morgan fingerprint density at radius 3 is 2.50 bits per heavy atom. The van der Waals surface area contributed by atoms with Crippen LogP contribution in [0.1, 0.15) is 21.5 Å². The first-order valence-corrected chi connectivity index (χ1v) is 10.2. The number of nitrogens with one attached hydrogen (secondary N) is 1. The van der Waals surface area contributed by atoms with Gasteiger partial charge in [0.2, 0.25) is 0 Å². The van der Waals surface area contributed by atoms with Gasteiger partial charge in [-0.15, -0.1) is 0 Å². The molecule has 0 radical (unpaired) electrons. The van der Waals surface area contributed by atoms with Crippen LogP contribution in [-0.4, -0.2) is 34.9 Å². The van der Waals surface area contributed by atoms with Gasteiger partial charge in [-0.3, -0.25) is 14.5 Å². The first-order valence-electron chi connectivity index (χ1n) is 10.2. The van der Waals surface area contributed by atoms with Crippen molar-refractivity contribution in [2.45, 2.75) is 13.1 Å². The molecule has 32 heavy (non-hydrogen) atoms. The number of methoxy groups -OCH3 is 2. The SMILES string of the molecule is COc1ccc(CNC(=O)c2cn(Cc3ccccc3)nc2-c2cccnc2)cc1OC. The van der Waals surface area contributed by atoms with E-state index in [0.29, 0.717) is 35.8 Å². The molecule has 4 rings (SSSR count). The Hall–Kier alpha value is -4.13. The van der Waals surface area contributed by atoms with Gasteiger partial charge in [0.15, 0.2) is 11.5 Å². The smallest absolute Gasteiger partial charge is 0.255 e. The van der Waals surface area contributed by atoms with Crippen molar-refractivity contribution < 1.29 is 14.3 Å². The van der Waals surface area contributed by atoms with Crippen LogP contribution in [0.4, 0.5) is 0 Å². The topological polar surface area (TPSA) is 78.3 Å². The molecule has 1 N–H and O–H groups in total. The third kappa shape index (κ3) is 4.78. The van der Waals surface area contributed by atoms with Crippen molar-refractivity contribution in [3.8, 4) is 22.8 Å². The lowest BCUT2D eigenvalue weighted by Crippen LogP contribution is -2.23. The molecule has 2 aromatic heterocycles. The maximum absolute atomic E-state index is 13.1. The van der Waals surface area contributed by atoms with Crippen LogP contribution in [0.5, 0.6) is 11.5 Å². The third-order valence-electron chi connectivity index (χ3n) is 5.03. The Morgan fingerprint density at radius 1 is 0.969 bits per heavy atom. The second-order valence-electron chi connectivity index (χ2n) is 7.19. The van der Waals surface area contributed by atoms with Gasteiger partial charge in [-0.1, -0.05) is 36.4 Å². The Kier molecular flexibility index (Phi) is 6.46. The normalized spacial score (nSPS) is 10.6. The summed E-state index contributed by atoms with van der Waals surface area (Å²) in [6.07, 6.45) is 5.18. The van der Waals surface area contributed by atoms with Crippen LogP contribution in [0.25, 0.3) is 11.3 Å². The van der Waals surface area contributed by atoms with Crippen molar-refractivity contribution in [1.82, 2.24) is 20.1 Å². The molecule has 0 aliphatic carbocycles. The summed E-state index contributed by atoms with van der Waals surface area (Å²) in [6.45, 7) is 0.909. The zero-order chi connectivity index (χ0) is 22.3. The molecule has 0 saturated carbocycles. The van der Waals surface area contributed by atoms with Gasteiger partial charge in [0.05, 0.1) is 26.3 Å². The lowest BCUT2D eigenvalue weighted by Gasteiger charge is -2.10. The van der Waals surface area contributed by atoms with E-state index in [1.807, 2.05) is 60.7 Å². The number of amides is 1. The molecule has 0 unspecified atom stereocenters. The number of ether oxygens (including phenoxy) is 2. The second-order valence-corrected chi connectivity index (χ2v) is 7.19. The van der Waals surface area contributed by atoms with Crippen LogP contribution in [0.2, 0.25) is 0 Å². The molecule has 0 bridgehead atoms. The fourth-order valence-electron chi connectivity index (χ4n) is 3.42. The molecule has 7 nitrogen and oxygen atoms in total. The van der Waals surface area contributed by atoms with E-state index in [4.69, 9.17) is 9.47 Å². The minimum absolute atomic E-state index is 0.210. The van der Waals surface area contributed by atoms with Gasteiger partial charge in [0.25, 0.3) is 5.91 Å². The van der Waals surface area contributed by atoms with E-state index in [2.05, 4.69) is 15.4 Å². The standard InChI is InChI=1S/C25H24N4O3/c1-31-22-11-10-19(13-23(22)32-2)14-27-25(30)21-17-29(16-18-7-4-3-5-8-18)28-24(21)20-9-6-12-26-15-20/h3-13,15,17H,14,16H2,1-2H3,(H,27,30). The first-order chi connectivity index (χ1) is 15.7. The summed E-state index contributed by atoms with van der Waals surface area (Å²) in [5.41, 5.74) is 3.88. The van der Waals surface area contributed by atoms with Crippen LogP contribution < -0.4 is 14.8 Å². The molecule has 0 fully saturated rings. The molecule has 0 saturated heterocycles. The number of benzene rings is 2. The summed E-state index contributed by atoms with van der Waals surface area (Å²) in [6, 6.07) is 19.3. The quantitative estimate of drug-likeness (QED) is 0.460. The second kappa shape index (κ2) is 9.78. The summed E-state index contributed by atoms with van der Waals surface area (Å²) >= 11 is 0. The summed E-state index contributed by atoms with van der Waals surface area (Å²) in [4.78, 5) is 17.3. The largest absolute Gasteiger partial charge is 0.493 e. The van der Waals surface area contributed by atoms with Gasteiger partial charge in [-0.2, -0.15) is 5.10 Å². The molecule has 0 spiro atoms. The number of carbonyl (C=O) groups excluding carboxylic acids is 1. The molecule has 2 heterocycles. The molecule has 4 aromatic rings. The molecule has 7 heteroatoms. The lowest BCUT2D eigenvalue weighted by molar-refractivity contribution is 0.0951. The Labute approximate surface area is 186 Å². The van der Waals surface area contributed by atoms with Gasteiger partial charge in [-0.05, 0) is 35.4 Å². The number of nitrogens with zero attached hydrogens (tertiary/aromatic N) is 3. The van der Waals surface area contributed by atoms with Crippen molar-refractivity contribution in [2.75, 3.05) is 14.2 Å². The summed E-state index contributed by atoms with van der Waals surface area (Å²) in [7, 11) is 3.17. The molecule has 1 amide bonds. The van der Waals surface area contributed by atoms with Crippen LogP contribution in [0.3, 0.4) is 0 Å². The predicted molar refractivity (Wildman–Crippen MR) is 122 cm³/mol. The molecular weight excluding hydrogens is 404 g/mol. The minimum atomic E-state index is -0.210. The van der Waals surface area contributed by atoms with Crippen LogP contribution in [0, 0.1) is 0 Å². The van der Waals surface area contributed by atoms with Gasteiger partial charge in [-0.25, -0.2) is 0 Å². The summed E-state index contributed by atoms with van der Waals surface area (Å²) < 4.78 is 12.4. The van der Waals surface area contributed by atoms with Crippen LogP contribution in [0.15, 0.2) is 79.3 Å². The first kappa shape index (κ1) is 21.1. The van der Waals surface area contributed by atoms with Gasteiger partial charge < -0.3 is 14.8 Å². The number of hydrogen-bond donors (Lipinski definition) is 1. The minimum Gasteiger partial charge on any atom is -0.493 e. The van der Waals surface area contributed by atoms with Crippen LogP contribution in [-0.2, 0) is 13.1 Å². The molecular formula is C25H24N4O3. The Bertz CT molecular complexity index is 1190. The van der Waals surface area contributed by atoms with E-state index >= 15 is 0 Å². The Morgan fingerprint density at radius 2 is 1.78 bits per heavy atom. The molecule has 2 aromatic carbocycles. The van der Waals surface area contributed by atoms with Crippen molar-refractivity contribution in [1.29, 1.82) is 0 Å². The highest BCUT2D eigenvalue weighted by Crippen LogP contribution is 2.27. The number of carbonyl (C=O) groups is 1. The van der Waals surface area contributed by atoms with E-state index in [0.717, 1.165) is 16.7 Å². The van der Waals surface area contributed by atoms with Crippen molar-refractivity contribution in [3.63, 3.8) is 0 Å². The van der Waals surface area contributed by atoms with Gasteiger partial charge in [0, 0.05) is 30.7 Å². The van der Waals surface area contributed by atoms with E-state index in [1.165, 1.54) is 0 Å². The highest BCUT2D eigenvalue weighted by atomic mass is 16.5. The predicted octanol–water partition coefficient (Wildman–Crippen LogP) is 3.94. The number of hydrogen-bond acceptors (Lipinski definition) is 5. The van der Waals surface area contributed by atoms with E-state index < -0.39 is 0 Å². The van der Waals surface area contributed by atoms with Crippen molar-refractivity contribution >= 4 is 5.91 Å². The zero-order valence-electron chi connectivity index (χ0n) is 18.0. The molecule has 0 aliphatic rings. The fourth-order valence-corrected chi connectivity index (χ4v) is 3.42. The molecule has 0 atom stereocenters. The lowest BCUT2D eigenvalue weighted by atomic mass is 10.1. The highest BCUT2D eigenvalue weighted by Gasteiger charge is 2.18. The summed E-state index contributed by atoms with van der Waals surface area (Å²) in [5.74, 6) is 1.05. The van der Waals surface area contributed by atoms with E-state index in [9.17, 15) is 4.79 Å². The number of rotatable bonds is 8. The Balaban J connectivity index is 1.57. The number of pyridine rings is 1. The monoisotopic (exact) mass is 428 g/mol. The third-order valence-corrected chi connectivity index (χ3v) is 5.03. The van der Waals surface area contributed by atoms with Crippen molar-refractivity contribution in [2.24, 2.45) is 0 Å². The maximum atomic E-state index is 13.1. The average Bonchev–Trinajstić information content (AvgIpc) is 3.27. The van der Waals surface area contributed by atoms with E-state index in [1.54, 1.807) is 37.5 Å². The summed E-state index contributed by atoms with van der Waals surface area (Å²) in [5, 5.41) is 7.66. The maximum Gasteiger partial charge on any atom is 0.255 e. The van der Waals surface area contributed by atoms with Crippen LogP contribution >= 0.6 is 0 Å². The highest BCUT2D eigenvalue weighted by molar-refractivity contribution is 5.99. The van der Waals surface area contributed by atoms with Gasteiger partial charge in [0.1, 0.15) is 5.69 Å². The zero-order valence-corrected chi connectivity index (χ0v) is 18.0. The molecule has 0 aliphatic heterocycles. The van der Waals surface area contributed by atoms with Crippen molar-refractivity contribution in [3.05, 3.63) is 95.9 Å². The number of aromatic nitrogens is 3. The van der Waals surface area contributed by atoms with Gasteiger partial charge >= 0.3 is 0 Å².